The number of aromatic nitrogens is 3. The lowest BCUT2D eigenvalue weighted by Gasteiger charge is -2.19. The molecule has 6 nitrogen and oxygen atoms in total. The predicted molar refractivity (Wildman–Crippen MR) is 102 cm³/mol. The highest BCUT2D eigenvalue weighted by molar-refractivity contribution is 5.89. The molecule has 8 heteroatoms. The van der Waals surface area contributed by atoms with Crippen LogP contribution in [-0.4, -0.2) is 38.6 Å². The zero-order valence-corrected chi connectivity index (χ0v) is 15.7. The predicted octanol–water partition coefficient (Wildman–Crippen LogP) is 4.31. The summed E-state index contributed by atoms with van der Waals surface area (Å²) in [5.41, 5.74) is 1.69. The number of fused-ring (bicyclic) bond motifs is 1. The Hall–Kier alpha value is -3.03. The molecule has 1 saturated heterocycles. The second-order valence-electron chi connectivity index (χ2n) is 7.28. The van der Waals surface area contributed by atoms with Crippen molar-refractivity contribution in [2.45, 2.75) is 32.2 Å². The van der Waals surface area contributed by atoms with E-state index >= 15 is 0 Å². The van der Waals surface area contributed by atoms with Gasteiger partial charge in [0.25, 0.3) is 0 Å². The number of halogens is 2. The van der Waals surface area contributed by atoms with Crippen LogP contribution in [0, 0.1) is 11.6 Å². The second-order valence-corrected chi connectivity index (χ2v) is 7.28. The van der Waals surface area contributed by atoms with Crippen LogP contribution in [-0.2, 0) is 0 Å². The summed E-state index contributed by atoms with van der Waals surface area (Å²) in [6.07, 6.45) is 4.27. The molecular formula is C20H21F2N5O. The molecule has 146 valence electrons. The summed E-state index contributed by atoms with van der Waals surface area (Å²) in [4.78, 5) is 23.1. The lowest BCUT2D eigenvalue weighted by molar-refractivity contribution is 0.221. The molecule has 2 aromatic heterocycles. The van der Waals surface area contributed by atoms with Crippen molar-refractivity contribution in [2.24, 2.45) is 0 Å². The molecule has 0 spiro atoms. The van der Waals surface area contributed by atoms with Gasteiger partial charge in [0.15, 0.2) is 0 Å². The van der Waals surface area contributed by atoms with E-state index in [-0.39, 0.29) is 17.6 Å². The summed E-state index contributed by atoms with van der Waals surface area (Å²) >= 11 is 0. The molecule has 1 unspecified atom stereocenters. The lowest BCUT2D eigenvalue weighted by Crippen LogP contribution is -2.33. The van der Waals surface area contributed by atoms with Crippen molar-refractivity contribution in [1.82, 2.24) is 19.4 Å². The van der Waals surface area contributed by atoms with Crippen molar-refractivity contribution in [3.63, 3.8) is 0 Å². The van der Waals surface area contributed by atoms with E-state index in [9.17, 15) is 13.6 Å². The maximum atomic E-state index is 13.8. The third kappa shape index (κ3) is 3.30. The Labute approximate surface area is 161 Å². The fraction of sp³-hybridized carbons (Fsp3) is 0.350. The van der Waals surface area contributed by atoms with Crippen molar-refractivity contribution in [3.05, 3.63) is 54.1 Å². The Morgan fingerprint density at radius 3 is 2.89 bits per heavy atom. The summed E-state index contributed by atoms with van der Waals surface area (Å²) < 4.78 is 29.3. The van der Waals surface area contributed by atoms with Crippen molar-refractivity contribution in [2.75, 3.05) is 18.4 Å². The second kappa shape index (κ2) is 7.18. The number of urea groups is 1. The molecule has 3 heterocycles. The van der Waals surface area contributed by atoms with Crippen LogP contribution in [0.1, 0.15) is 38.1 Å². The van der Waals surface area contributed by atoms with Crippen LogP contribution in [0.4, 0.5) is 19.3 Å². The molecule has 0 aliphatic carbocycles. The Bertz CT molecular complexity index is 1030. The van der Waals surface area contributed by atoms with Crippen LogP contribution in [0.2, 0.25) is 0 Å². The Morgan fingerprint density at radius 2 is 2.11 bits per heavy atom. The van der Waals surface area contributed by atoms with Gasteiger partial charge in [0.2, 0.25) is 0 Å². The number of nitrogens with one attached hydrogen (secondary N) is 1. The number of hydrogen-bond acceptors (Lipinski definition) is 3. The monoisotopic (exact) mass is 385 g/mol. The molecule has 0 bridgehead atoms. The molecule has 1 aromatic carbocycles. The van der Waals surface area contributed by atoms with E-state index < -0.39 is 17.7 Å². The average Bonchev–Trinajstić information content (AvgIpc) is 3.29. The zero-order valence-electron chi connectivity index (χ0n) is 15.7. The number of hydrogen-bond donors (Lipinski definition) is 1. The number of imidazole rings is 1. The molecule has 1 aliphatic heterocycles. The van der Waals surface area contributed by atoms with E-state index in [1.54, 1.807) is 17.3 Å². The Morgan fingerprint density at radius 1 is 1.29 bits per heavy atom. The van der Waals surface area contributed by atoms with Gasteiger partial charge in [-0.15, -0.1) is 0 Å². The van der Waals surface area contributed by atoms with E-state index in [4.69, 9.17) is 4.98 Å². The smallest absolute Gasteiger partial charge is 0.321 e. The van der Waals surface area contributed by atoms with Crippen LogP contribution >= 0.6 is 0 Å². The molecule has 0 radical (unpaired) electrons. The van der Waals surface area contributed by atoms with Gasteiger partial charge < -0.3 is 14.8 Å². The summed E-state index contributed by atoms with van der Waals surface area (Å²) in [7, 11) is 0. The Balaban J connectivity index is 1.54. The average molecular weight is 385 g/mol. The number of amides is 2. The molecule has 3 aromatic rings. The molecular weight excluding hydrogens is 364 g/mol. The summed E-state index contributed by atoms with van der Waals surface area (Å²) in [5, 5.41) is 2.46. The topological polar surface area (TPSA) is 63.1 Å². The molecule has 1 atom stereocenters. The number of likely N-dealkylation sites (tertiary alicyclic amines) is 1. The van der Waals surface area contributed by atoms with Gasteiger partial charge >= 0.3 is 6.03 Å². The van der Waals surface area contributed by atoms with Gasteiger partial charge in [-0.2, -0.15) is 0 Å². The van der Waals surface area contributed by atoms with E-state index in [1.165, 1.54) is 0 Å². The Kier molecular flexibility index (Phi) is 4.70. The molecule has 2 amide bonds. The van der Waals surface area contributed by atoms with E-state index in [1.807, 2.05) is 6.07 Å². The van der Waals surface area contributed by atoms with Crippen molar-refractivity contribution < 1.29 is 13.6 Å². The minimum atomic E-state index is -0.667. The first-order valence-corrected chi connectivity index (χ1v) is 9.27. The highest BCUT2D eigenvalue weighted by Gasteiger charge is 2.31. The van der Waals surface area contributed by atoms with Crippen LogP contribution in [0.5, 0.6) is 0 Å². The number of benzene rings is 1. The fourth-order valence-corrected chi connectivity index (χ4v) is 3.73. The minimum Gasteiger partial charge on any atom is -0.324 e. The fourth-order valence-electron chi connectivity index (χ4n) is 3.73. The third-order valence-corrected chi connectivity index (χ3v) is 5.05. The highest BCUT2D eigenvalue weighted by Crippen LogP contribution is 2.32. The summed E-state index contributed by atoms with van der Waals surface area (Å²) in [6, 6.07) is 4.63. The molecule has 0 saturated carbocycles. The van der Waals surface area contributed by atoms with Crippen LogP contribution in [0.15, 0.2) is 36.7 Å². The number of carbonyl (C=O) groups excluding carboxylic acids is 1. The lowest BCUT2D eigenvalue weighted by atomic mass is 10.1. The maximum Gasteiger partial charge on any atom is 0.321 e. The van der Waals surface area contributed by atoms with Crippen LogP contribution in [0.3, 0.4) is 0 Å². The number of rotatable bonds is 3. The molecule has 28 heavy (non-hydrogen) atoms. The summed E-state index contributed by atoms with van der Waals surface area (Å²) in [6.45, 7) is 5.16. The molecule has 1 N–H and O–H groups in total. The normalized spacial score (nSPS) is 16.9. The van der Waals surface area contributed by atoms with Gasteiger partial charge in [-0.25, -0.2) is 18.6 Å². The van der Waals surface area contributed by atoms with Crippen LogP contribution < -0.4 is 5.32 Å². The largest absolute Gasteiger partial charge is 0.324 e. The van der Waals surface area contributed by atoms with Gasteiger partial charge in [-0.1, -0.05) is 0 Å². The minimum absolute atomic E-state index is 0.0675. The van der Waals surface area contributed by atoms with Crippen LogP contribution in [0.25, 0.3) is 11.0 Å². The first kappa shape index (κ1) is 18.3. The number of carbonyl (C=O) groups is 1. The molecule has 4 rings (SSSR count). The zero-order chi connectivity index (χ0) is 19.8. The first-order valence-electron chi connectivity index (χ1n) is 9.27. The van der Waals surface area contributed by atoms with Gasteiger partial charge in [-0.05, 0) is 38.5 Å². The SMILES string of the molecule is CC(C)n1c(C2CCN(C(=O)Nc3cc(F)ccc3F)C2)nc2ccncc21. The van der Waals surface area contributed by atoms with E-state index in [0.29, 0.717) is 13.1 Å². The third-order valence-electron chi connectivity index (χ3n) is 5.05. The standard InChI is InChI=1S/C20H21F2N5O/c1-12(2)27-18-10-23-7-5-16(18)24-19(27)13-6-8-26(11-13)20(28)25-17-9-14(21)3-4-15(17)22/h3-5,7,9-10,12-13H,6,8,11H2,1-2H3,(H,25,28). The number of pyridine rings is 1. The van der Waals surface area contributed by atoms with Crippen molar-refractivity contribution in [1.29, 1.82) is 0 Å². The first-order chi connectivity index (χ1) is 13.4. The molecule has 1 fully saturated rings. The maximum absolute atomic E-state index is 13.8. The number of anilines is 1. The van der Waals surface area contributed by atoms with Gasteiger partial charge in [0.1, 0.15) is 17.5 Å². The van der Waals surface area contributed by atoms with Gasteiger partial charge in [-0.3, -0.25) is 4.98 Å². The van der Waals surface area contributed by atoms with Crippen molar-refractivity contribution in [3.8, 4) is 0 Å². The van der Waals surface area contributed by atoms with E-state index in [2.05, 4.69) is 28.7 Å². The molecule has 1 aliphatic rings. The highest BCUT2D eigenvalue weighted by atomic mass is 19.1. The van der Waals surface area contributed by atoms with Gasteiger partial charge in [0, 0.05) is 37.3 Å². The van der Waals surface area contributed by atoms with E-state index in [0.717, 1.165) is 41.5 Å². The quantitative estimate of drug-likeness (QED) is 0.731. The summed E-state index contributed by atoms with van der Waals surface area (Å²) in [5.74, 6) is -0.280. The van der Waals surface area contributed by atoms with Gasteiger partial charge in [0.05, 0.1) is 22.9 Å². The van der Waals surface area contributed by atoms with Crippen molar-refractivity contribution >= 4 is 22.8 Å². The number of nitrogens with zero attached hydrogens (tertiary/aromatic N) is 4.